The van der Waals surface area contributed by atoms with Gasteiger partial charge in [-0.1, -0.05) is 5.16 Å². The zero-order valence-corrected chi connectivity index (χ0v) is 18.7. The number of ether oxygens (including phenoxy) is 1. The highest BCUT2D eigenvalue weighted by molar-refractivity contribution is 5.52. The molecule has 0 aliphatic carbocycles. The molecule has 2 aromatic heterocycles. The molecule has 1 saturated heterocycles. The highest BCUT2D eigenvalue weighted by atomic mass is 19.1. The number of benzene rings is 1. The first-order chi connectivity index (χ1) is 14.9. The number of methoxy groups -OCH3 is 1. The highest BCUT2D eigenvalue weighted by Gasteiger charge is 2.40. The molecule has 1 aromatic carbocycles. The van der Waals surface area contributed by atoms with Crippen molar-refractivity contribution < 1.29 is 13.7 Å². The number of aromatic nitrogens is 4. The van der Waals surface area contributed by atoms with Crippen LogP contribution in [-0.2, 0) is 23.7 Å². The Hall–Kier alpha value is -2.58. The molecule has 3 heterocycles. The van der Waals surface area contributed by atoms with Crippen LogP contribution < -0.4 is 0 Å². The van der Waals surface area contributed by atoms with Crippen molar-refractivity contribution in [1.82, 2.24) is 24.8 Å². The molecule has 0 atom stereocenters. The lowest BCUT2D eigenvalue weighted by Gasteiger charge is -2.39. The summed E-state index contributed by atoms with van der Waals surface area (Å²) in [7, 11) is 3.71. The average molecular weight is 428 g/mol. The quantitative estimate of drug-likeness (QED) is 0.571. The summed E-state index contributed by atoms with van der Waals surface area (Å²) >= 11 is 0. The van der Waals surface area contributed by atoms with Crippen LogP contribution in [0.5, 0.6) is 0 Å². The molecule has 7 nitrogen and oxygen atoms in total. The fourth-order valence-electron chi connectivity index (χ4n) is 4.44. The Morgan fingerprint density at radius 3 is 2.48 bits per heavy atom. The Bertz CT molecular complexity index is 1020. The molecule has 0 spiro atoms. The number of nitrogens with zero attached hydrogens (tertiary/aromatic N) is 5. The minimum absolute atomic E-state index is 0.187. The van der Waals surface area contributed by atoms with Crippen molar-refractivity contribution in [3.63, 3.8) is 0 Å². The second-order valence-electron chi connectivity index (χ2n) is 8.50. The minimum atomic E-state index is -0.286. The third-order valence-corrected chi connectivity index (χ3v) is 6.63. The van der Waals surface area contributed by atoms with E-state index < -0.39 is 0 Å². The first-order valence-corrected chi connectivity index (χ1v) is 10.7. The number of halogens is 1. The first-order valence-electron chi connectivity index (χ1n) is 10.7. The molecule has 0 N–H and O–H groups in total. The highest BCUT2D eigenvalue weighted by Crippen LogP contribution is 2.38. The van der Waals surface area contributed by atoms with Gasteiger partial charge < -0.3 is 9.26 Å². The summed E-state index contributed by atoms with van der Waals surface area (Å²) in [5, 5.41) is 8.88. The van der Waals surface area contributed by atoms with E-state index in [1.165, 1.54) is 23.4 Å². The van der Waals surface area contributed by atoms with Crippen LogP contribution in [-0.4, -0.2) is 51.6 Å². The summed E-state index contributed by atoms with van der Waals surface area (Å²) in [5.41, 5.74) is 4.16. The van der Waals surface area contributed by atoms with Gasteiger partial charge >= 0.3 is 0 Å². The number of hydrogen-bond donors (Lipinski definition) is 0. The van der Waals surface area contributed by atoms with Crippen LogP contribution in [0.3, 0.4) is 0 Å². The van der Waals surface area contributed by atoms with Gasteiger partial charge in [-0.3, -0.25) is 9.58 Å². The molecule has 0 bridgehead atoms. The number of hydrogen-bond acceptors (Lipinski definition) is 6. The predicted molar refractivity (Wildman–Crippen MR) is 115 cm³/mol. The average Bonchev–Trinajstić information content (AvgIpc) is 3.35. The lowest BCUT2D eigenvalue weighted by Crippen LogP contribution is -2.43. The molecule has 4 rings (SSSR count). The second kappa shape index (κ2) is 8.88. The van der Waals surface area contributed by atoms with Crippen LogP contribution in [0.25, 0.3) is 11.5 Å². The van der Waals surface area contributed by atoms with E-state index in [0.717, 1.165) is 56.0 Å². The van der Waals surface area contributed by atoms with Gasteiger partial charge in [-0.25, -0.2) is 4.39 Å². The van der Waals surface area contributed by atoms with E-state index in [-0.39, 0.29) is 11.2 Å². The molecule has 1 aliphatic heterocycles. The van der Waals surface area contributed by atoms with Crippen LogP contribution in [0, 0.1) is 19.7 Å². The van der Waals surface area contributed by atoms with Crippen LogP contribution in [0.4, 0.5) is 4.39 Å². The van der Waals surface area contributed by atoms with Gasteiger partial charge in [0.15, 0.2) is 5.82 Å². The summed E-state index contributed by atoms with van der Waals surface area (Å²) in [6.45, 7) is 7.62. The fraction of sp³-hybridized carbons (Fsp3) is 0.522. The monoisotopic (exact) mass is 427 g/mol. The van der Waals surface area contributed by atoms with Gasteiger partial charge in [0.2, 0.25) is 0 Å². The topological polar surface area (TPSA) is 69.2 Å². The number of piperidine rings is 1. The van der Waals surface area contributed by atoms with Gasteiger partial charge in [-0.15, -0.1) is 0 Å². The first kappa shape index (κ1) is 21.6. The van der Waals surface area contributed by atoms with Crippen LogP contribution >= 0.6 is 0 Å². The van der Waals surface area contributed by atoms with Gasteiger partial charge in [-0.05, 0) is 70.5 Å². The van der Waals surface area contributed by atoms with Crippen LogP contribution in [0.1, 0.15) is 42.0 Å². The molecule has 3 aromatic rings. The third-order valence-electron chi connectivity index (χ3n) is 6.63. The molecule has 0 saturated carbocycles. The normalized spacial score (nSPS) is 16.7. The molecule has 0 unspecified atom stereocenters. The molecule has 1 aliphatic rings. The Labute approximate surface area is 182 Å². The number of likely N-dealkylation sites (tertiary alicyclic amines) is 1. The zero-order chi connectivity index (χ0) is 22.0. The van der Waals surface area contributed by atoms with Crippen molar-refractivity contribution in [2.45, 2.75) is 45.1 Å². The van der Waals surface area contributed by atoms with Crippen molar-refractivity contribution >= 4 is 0 Å². The SMILES string of the molecule is COCCC1(c2noc(-c3ccc(F)cc3)n2)CCN(Cc2c(C)nn(C)c2C)CC1. The molecule has 31 heavy (non-hydrogen) atoms. The van der Waals surface area contributed by atoms with E-state index in [2.05, 4.69) is 29.0 Å². The maximum absolute atomic E-state index is 13.3. The maximum Gasteiger partial charge on any atom is 0.257 e. The largest absolute Gasteiger partial charge is 0.385 e. The molecule has 8 heteroatoms. The summed E-state index contributed by atoms with van der Waals surface area (Å²) in [4.78, 5) is 7.19. The smallest absolute Gasteiger partial charge is 0.257 e. The molecular weight excluding hydrogens is 397 g/mol. The van der Waals surface area contributed by atoms with Crippen molar-refractivity contribution in [1.29, 1.82) is 0 Å². The Kier molecular flexibility index (Phi) is 6.20. The number of aryl methyl sites for hydroxylation is 2. The lowest BCUT2D eigenvalue weighted by atomic mass is 9.75. The van der Waals surface area contributed by atoms with Gasteiger partial charge in [-0.2, -0.15) is 10.1 Å². The Balaban J connectivity index is 1.51. The van der Waals surface area contributed by atoms with E-state index in [1.807, 2.05) is 11.7 Å². The Morgan fingerprint density at radius 1 is 1.16 bits per heavy atom. The van der Waals surface area contributed by atoms with E-state index in [9.17, 15) is 4.39 Å². The minimum Gasteiger partial charge on any atom is -0.385 e. The van der Waals surface area contributed by atoms with Crippen molar-refractivity contribution in [2.75, 3.05) is 26.8 Å². The van der Waals surface area contributed by atoms with Gasteiger partial charge in [0.25, 0.3) is 5.89 Å². The van der Waals surface area contributed by atoms with Gasteiger partial charge in [0, 0.05) is 49.5 Å². The van der Waals surface area contributed by atoms with E-state index in [4.69, 9.17) is 14.2 Å². The fourth-order valence-corrected chi connectivity index (χ4v) is 4.44. The van der Waals surface area contributed by atoms with E-state index >= 15 is 0 Å². The molecule has 0 amide bonds. The standard InChI is InChI=1S/C23H30FN5O2/c1-16-20(17(2)28(3)26-16)15-29-12-9-23(10-13-29,11-14-30-4)22-25-21(31-27-22)18-5-7-19(24)8-6-18/h5-8H,9-15H2,1-4H3. The predicted octanol–water partition coefficient (Wildman–Crippen LogP) is 3.80. The summed E-state index contributed by atoms with van der Waals surface area (Å²) in [5.74, 6) is 0.861. The number of rotatable bonds is 7. The lowest BCUT2D eigenvalue weighted by molar-refractivity contribution is 0.103. The molecular formula is C23H30FN5O2. The summed E-state index contributed by atoms with van der Waals surface area (Å²) in [6, 6.07) is 6.13. The van der Waals surface area contributed by atoms with Crippen LogP contribution in [0.2, 0.25) is 0 Å². The van der Waals surface area contributed by atoms with E-state index in [1.54, 1.807) is 19.2 Å². The van der Waals surface area contributed by atoms with Gasteiger partial charge in [0.05, 0.1) is 5.69 Å². The van der Waals surface area contributed by atoms with E-state index in [0.29, 0.717) is 12.5 Å². The summed E-state index contributed by atoms with van der Waals surface area (Å²) < 4.78 is 26.2. The molecule has 166 valence electrons. The van der Waals surface area contributed by atoms with Crippen LogP contribution in [0.15, 0.2) is 28.8 Å². The van der Waals surface area contributed by atoms with Crippen molar-refractivity contribution in [2.24, 2.45) is 7.05 Å². The Morgan fingerprint density at radius 2 is 1.87 bits per heavy atom. The second-order valence-corrected chi connectivity index (χ2v) is 8.50. The van der Waals surface area contributed by atoms with Crippen molar-refractivity contribution in [3.8, 4) is 11.5 Å². The third kappa shape index (κ3) is 4.41. The van der Waals surface area contributed by atoms with Crippen molar-refractivity contribution in [3.05, 3.63) is 52.9 Å². The zero-order valence-electron chi connectivity index (χ0n) is 18.7. The van der Waals surface area contributed by atoms with Gasteiger partial charge in [0.1, 0.15) is 5.82 Å². The molecule has 1 fully saturated rings. The maximum atomic E-state index is 13.3. The summed E-state index contributed by atoms with van der Waals surface area (Å²) in [6.07, 6.45) is 2.69. The molecule has 0 radical (unpaired) electrons.